The number of alkyl halides is 6. The van der Waals surface area contributed by atoms with Crippen LogP contribution in [0.1, 0.15) is 25.0 Å². The fourth-order valence-corrected chi connectivity index (χ4v) is 2.53. The van der Waals surface area contributed by atoms with E-state index in [0.717, 1.165) is 0 Å². The number of nitrogens with zero attached hydrogens (tertiary/aromatic N) is 1. The van der Waals surface area contributed by atoms with Crippen molar-refractivity contribution in [3.8, 4) is 0 Å². The van der Waals surface area contributed by atoms with Gasteiger partial charge in [-0.25, -0.2) is 0 Å². The summed E-state index contributed by atoms with van der Waals surface area (Å²) < 4.78 is 81.1. The molecule has 10 heteroatoms. The Morgan fingerprint density at radius 1 is 1.09 bits per heavy atom. The minimum Gasteiger partial charge on any atom is -0.353 e. The van der Waals surface area contributed by atoms with E-state index in [9.17, 15) is 26.3 Å². The van der Waals surface area contributed by atoms with Gasteiger partial charge in [-0.05, 0) is 26.0 Å². The topological polar surface area (TPSA) is 36.4 Å². The van der Waals surface area contributed by atoms with E-state index in [-0.39, 0.29) is 28.7 Å². The SMILES string of the molecule is CC(C)NC1=NSc2c(cc(C(F)(F)F)cc2C(F)(F)F)N1. The highest BCUT2D eigenvalue weighted by Crippen LogP contribution is 2.46. The van der Waals surface area contributed by atoms with Gasteiger partial charge in [0.2, 0.25) is 5.96 Å². The summed E-state index contributed by atoms with van der Waals surface area (Å²) in [6.07, 6.45) is -9.78. The quantitative estimate of drug-likeness (QED) is 0.582. The van der Waals surface area contributed by atoms with Gasteiger partial charge in [0.15, 0.2) is 0 Å². The van der Waals surface area contributed by atoms with Crippen LogP contribution in [0.4, 0.5) is 32.0 Å². The Morgan fingerprint density at radius 2 is 1.73 bits per heavy atom. The van der Waals surface area contributed by atoms with Crippen molar-refractivity contribution in [1.82, 2.24) is 5.32 Å². The number of anilines is 1. The van der Waals surface area contributed by atoms with Crippen molar-refractivity contribution in [2.45, 2.75) is 37.1 Å². The number of benzene rings is 1. The molecule has 2 rings (SSSR count). The maximum atomic E-state index is 13.0. The summed E-state index contributed by atoms with van der Waals surface area (Å²) >= 11 is 0.487. The summed E-state index contributed by atoms with van der Waals surface area (Å²) in [5.74, 6) is 0.111. The highest BCUT2D eigenvalue weighted by Gasteiger charge is 2.40. The number of guanidine groups is 1. The zero-order chi connectivity index (χ0) is 16.7. The average molecular weight is 343 g/mol. The van der Waals surface area contributed by atoms with Gasteiger partial charge < -0.3 is 10.6 Å². The fraction of sp³-hybridized carbons (Fsp3) is 0.417. The van der Waals surface area contributed by atoms with Gasteiger partial charge in [-0.2, -0.15) is 30.7 Å². The van der Waals surface area contributed by atoms with Crippen molar-refractivity contribution in [3.63, 3.8) is 0 Å². The summed E-state index contributed by atoms with van der Waals surface area (Å²) in [6.45, 7) is 3.52. The lowest BCUT2D eigenvalue weighted by molar-refractivity contribution is -0.144. The van der Waals surface area contributed by atoms with E-state index < -0.39 is 23.5 Å². The van der Waals surface area contributed by atoms with Crippen molar-refractivity contribution in [2.24, 2.45) is 4.40 Å². The Balaban J connectivity index is 2.51. The van der Waals surface area contributed by atoms with E-state index in [1.807, 2.05) is 0 Å². The number of hydrogen-bond donors (Lipinski definition) is 2. The standard InChI is InChI=1S/C12H11F6N3S/c1-5(2)19-10-20-8-4-6(11(13,14)15)3-7(12(16,17)18)9(8)22-21-10/h3-5H,1-2H3,(H2,19,20,21). The number of rotatable bonds is 1. The van der Waals surface area contributed by atoms with Crippen LogP contribution in [0.2, 0.25) is 0 Å². The first-order valence-corrected chi connectivity index (χ1v) is 6.87. The van der Waals surface area contributed by atoms with Crippen LogP contribution in [0, 0.1) is 0 Å². The van der Waals surface area contributed by atoms with Crippen LogP contribution in [0.15, 0.2) is 21.4 Å². The van der Waals surface area contributed by atoms with Gasteiger partial charge in [0.05, 0.1) is 21.7 Å². The summed E-state index contributed by atoms with van der Waals surface area (Å²) in [4.78, 5) is -0.380. The van der Waals surface area contributed by atoms with Crippen LogP contribution < -0.4 is 10.6 Å². The molecule has 0 radical (unpaired) electrons. The highest BCUT2D eigenvalue weighted by molar-refractivity contribution is 7.98. The number of hydrogen-bond acceptors (Lipinski definition) is 4. The molecule has 1 aromatic carbocycles. The molecule has 0 amide bonds. The molecule has 0 spiro atoms. The molecule has 0 aromatic heterocycles. The average Bonchev–Trinajstić information content (AvgIpc) is 2.34. The molecule has 0 aliphatic carbocycles. The first kappa shape index (κ1) is 16.8. The first-order chi connectivity index (χ1) is 9.98. The summed E-state index contributed by atoms with van der Waals surface area (Å²) in [7, 11) is 0. The van der Waals surface area contributed by atoms with Crippen molar-refractivity contribution < 1.29 is 26.3 Å². The van der Waals surface area contributed by atoms with Gasteiger partial charge in [-0.1, -0.05) is 0 Å². The Hall–Kier alpha value is -1.58. The van der Waals surface area contributed by atoms with Crippen LogP contribution >= 0.6 is 11.9 Å². The maximum Gasteiger partial charge on any atom is 0.417 e. The lowest BCUT2D eigenvalue weighted by atomic mass is 10.1. The summed E-state index contributed by atoms with van der Waals surface area (Å²) in [5.41, 5.74) is -3.00. The number of halogens is 6. The van der Waals surface area contributed by atoms with Gasteiger partial charge >= 0.3 is 12.4 Å². The third kappa shape index (κ3) is 3.60. The van der Waals surface area contributed by atoms with Crippen LogP contribution in [0.5, 0.6) is 0 Å². The van der Waals surface area contributed by atoms with Crippen molar-refractivity contribution in [3.05, 3.63) is 23.3 Å². The summed E-state index contributed by atoms with van der Waals surface area (Å²) in [6, 6.07) is 0.666. The van der Waals surface area contributed by atoms with E-state index >= 15 is 0 Å². The minimum atomic E-state index is -4.90. The van der Waals surface area contributed by atoms with Gasteiger partial charge in [-0.3, -0.25) is 0 Å². The van der Waals surface area contributed by atoms with Gasteiger partial charge in [0.1, 0.15) is 0 Å². The molecular weight excluding hydrogens is 332 g/mol. The van der Waals surface area contributed by atoms with Crippen molar-refractivity contribution in [1.29, 1.82) is 0 Å². The van der Waals surface area contributed by atoms with Crippen LogP contribution in [0.3, 0.4) is 0 Å². The molecule has 0 atom stereocenters. The van der Waals surface area contributed by atoms with Crippen LogP contribution in [-0.4, -0.2) is 12.0 Å². The normalized spacial score (nSPS) is 15.2. The van der Waals surface area contributed by atoms with E-state index in [4.69, 9.17) is 0 Å². The molecule has 22 heavy (non-hydrogen) atoms. The zero-order valence-corrected chi connectivity index (χ0v) is 12.2. The van der Waals surface area contributed by atoms with Crippen molar-refractivity contribution in [2.75, 3.05) is 5.32 Å². The molecule has 0 fully saturated rings. The van der Waals surface area contributed by atoms with Crippen LogP contribution in [0.25, 0.3) is 0 Å². The summed E-state index contributed by atoms with van der Waals surface area (Å²) in [5, 5.41) is 5.27. The molecule has 0 unspecified atom stereocenters. The monoisotopic (exact) mass is 343 g/mol. The number of fused-ring (bicyclic) bond motifs is 1. The van der Waals surface area contributed by atoms with Crippen molar-refractivity contribution >= 4 is 23.6 Å². The molecule has 122 valence electrons. The van der Waals surface area contributed by atoms with E-state index in [1.165, 1.54) is 0 Å². The second-order valence-electron chi connectivity index (χ2n) is 4.85. The molecular formula is C12H11F6N3S. The molecule has 1 aromatic rings. The highest BCUT2D eigenvalue weighted by atomic mass is 32.2. The molecule has 1 heterocycles. The lowest BCUT2D eigenvalue weighted by Crippen LogP contribution is -2.37. The second kappa shape index (κ2) is 5.56. The van der Waals surface area contributed by atoms with Gasteiger partial charge in [0, 0.05) is 18.0 Å². The molecule has 1 aliphatic rings. The Labute approximate surface area is 126 Å². The predicted molar refractivity (Wildman–Crippen MR) is 71.6 cm³/mol. The van der Waals surface area contributed by atoms with E-state index in [0.29, 0.717) is 18.0 Å². The zero-order valence-electron chi connectivity index (χ0n) is 11.4. The largest absolute Gasteiger partial charge is 0.417 e. The second-order valence-corrected chi connectivity index (χ2v) is 5.62. The Bertz CT molecular complexity index is 606. The number of nitrogens with one attached hydrogen (secondary N) is 2. The smallest absolute Gasteiger partial charge is 0.353 e. The first-order valence-electron chi connectivity index (χ1n) is 6.09. The fourth-order valence-electron chi connectivity index (χ4n) is 1.77. The molecule has 2 N–H and O–H groups in total. The van der Waals surface area contributed by atoms with Gasteiger partial charge in [-0.15, -0.1) is 0 Å². The molecule has 0 bridgehead atoms. The maximum absolute atomic E-state index is 13.0. The molecule has 1 aliphatic heterocycles. The lowest BCUT2D eigenvalue weighted by Gasteiger charge is -2.24. The van der Waals surface area contributed by atoms with E-state index in [1.54, 1.807) is 13.8 Å². The third-order valence-corrected chi connectivity index (χ3v) is 3.52. The molecule has 0 saturated heterocycles. The minimum absolute atomic E-state index is 0.0821. The van der Waals surface area contributed by atoms with Crippen LogP contribution in [-0.2, 0) is 12.4 Å². The molecule has 0 saturated carbocycles. The van der Waals surface area contributed by atoms with E-state index in [2.05, 4.69) is 15.0 Å². The Morgan fingerprint density at radius 3 is 2.23 bits per heavy atom. The predicted octanol–water partition coefficient (Wildman–Crippen LogP) is 4.51. The molecule has 3 nitrogen and oxygen atoms in total. The third-order valence-electron chi connectivity index (χ3n) is 2.63. The Kier molecular flexibility index (Phi) is 4.24. The van der Waals surface area contributed by atoms with Gasteiger partial charge in [0.25, 0.3) is 0 Å².